The van der Waals surface area contributed by atoms with Crippen LogP contribution >= 0.6 is 0 Å². The molecular weight excluding hydrogens is 480 g/mol. The van der Waals surface area contributed by atoms with Gasteiger partial charge in [0.25, 0.3) is 0 Å². The monoisotopic (exact) mass is 514 g/mol. The van der Waals surface area contributed by atoms with Crippen LogP contribution in [0.5, 0.6) is 0 Å². The first-order chi connectivity index (χ1) is 18.1. The summed E-state index contributed by atoms with van der Waals surface area (Å²) in [6.07, 6.45) is -0.652. The fraction of sp³-hybridized carbons (Fsp3) is 0.323. The highest BCUT2D eigenvalue weighted by Crippen LogP contribution is 2.44. The van der Waals surface area contributed by atoms with Crippen LogP contribution in [0.25, 0.3) is 11.1 Å². The minimum absolute atomic E-state index is 0.0478. The molecule has 0 bridgehead atoms. The Hall–Kier alpha value is -4.13. The number of carbonyl (C=O) groups excluding carboxylic acids is 2. The molecule has 1 aliphatic carbocycles. The molecule has 7 heteroatoms. The van der Waals surface area contributed by atoms with Gasteiger partial charge in [0.05, 0.1) is 0 Å². The molecule has 0 fully saturated rings. The van der Waals surface area contributed by atoms with E-state index in [1.807, 2.05) is 75.4 Å². The van der Waals surface area contributed by atoms with E-state index in [0.29, 0.717) is 0 Å². The van der Waals surface area contributed by atoms with Gasteiger partial charge in [-0.05, 0) is 33.2 Å². The van der Waals surface area contributed by atoms with Crippen molar-refractivity contribution in [3.8, 4) is 11.1 Å². The second-order valence-corrected chi connectivity index (χ2v) is 10.7. The number of carbonyl (C=O) groups is 3. The van der Waals surface area contributed by atoms with E-state index in [1.165, 1.54) is 4.90 Å². The first-order valence-corrected chi connectivity index (χ1v) is 12.8. The number of hydrogen-bond acceptors (Lipinski definition) is 4. The van der Waals surface area contributed by atoms with Crippen molar-refractivity contribution in [1.29, 1.82) is 0 Å². The van der Waals surface area contributed by atoms with E-state index in [1.54, 1.807) is 0 Å². The normalized spacial score (nSPS) is 13.2. The van der Waals surface area contributed by atoms with E-state index < -0.39 is 30.1 Å². The Kier molecular flexibility index (Phi) is 8.15. The molecule has 38 heavy (non-hydrogen) atoms. The molecule has 0 spiro atoms. The molecule has 1 unspecified atom stereocenters. The van der Waals surface area contributed by atoms with Gasteiger partial charge in [0, 0.05) is 24.9 Å². The minimum Gasteiger partial charge on any atom is -0.480 e. The van der Waals surface area contributed by atoms with Crippen LogP contribution in [0.1, 0.15) is 49.8 Å². The van der Waals surface area contributed by atoms with Gasteiger partial charge in [-0.2, -0.15) is 0 Å². The van der Waals surface area contributed by atoms with Gasteiger partial charge in [0.2, 0.25) is 5.91 Å². The third-order valence-electron chi connectivity index (χ3n) is 6.95. The lowest BCUT2D eigenvalue weighted by Gasteiger charge is -2.32. The Balaban J connectivity index is 1.42. The molecular formula is C31H34N2O5. The number of fused-ring (bicyclic) bond motifs is 3. The van der Waals surface area contributed by atoms with E-state index in [9.17, 15) is 19.5 Å². The molecule has 0 saturated carbocycles. The molecule has 0 saturated heterocycles. The quantitative estimate of drug-likeness (QED) is 0.396. The van der Waals surface area contributed by atoms with Crippen molar-refractivity contribution < 1.29 is 24.2 Å². The zero-order valence-electron chi connectivity index (χ0n) is 22.0. The maximum Gasteiger partial charge on any atom is 0.407 e. The number of ether oxygens (including phenoxy) is 1. The van der Waals surface area contributed by atoms with Crippen LogP contribution in [0.15, 0.2) is 78.9 Å². The topological polar surface area (TPSA) is 95.9 Å². The Bertz CT molecular complexity index is 1250. The summed E-state index contributed by atoms with van der Waals surface area (Å²) < 4.78 is 5.70. The second kappa shape index (κ2) is 11.5. The molecule has 2 N–H and O–H groups in total. The van der Waals surface area contributed by atoms with Crippen molar-refractivity contribution >= 4 is 18.0 Å². The summed E-state index contributed by atoms with van der Waals surface area (Å²) >= 11 is 0. The highest BCUT2D eigenvalue weighted by Gasteiger charge is 2.33. The van der Waals surface area contributed by atoms with Crippen molar-refractivity contribution in [2.75, 3.05) is 13.2 Å². The summed E-state index contributed by atoms with van der Waals surface area (Å²) in [6.45, 7) is 5.70. The number of aliphatic carboxylic acids is 1. The fourth-order valence-corrected chi connectivity index (χ4v) is 4.86. The number of amides is 2. The molecule has 1 aliphatic rings. The van der Waals surface area contributed by atoms with Crippen molar-refractivity contribution in [3.05, 3.63) is 95.6 Å². The van der Waals surface area contributed by atoms with Crippen molar-refractivity contribution in [2.45, 2.75) is 45.7 Å². The smallest absolute Gasteiger partial charge is 0.407 e. The van der Waals surface area contributed by atoms with Gasteiger partial charge >= 0.3 is 12.1 Å². The molecule has 0 heterocycles. The lowest BCUT2D eigenvalue weighted by molar-refractivity contribution is -0.145. The average Bonchev–Trinajstić information content (AvgIpc) is 3.20. The van der Waals surface area contributed by atoms with Gasteiger partial charge in [-0.25, -0.2) is 4.79 Å². The molecule has 0 aromatic heterocycles. The molecule has 1 atom stereocenters. The van der Waals surface area contributed by atoms with E-state index in [4.69, 9.17) is 4.74 Å². The predicted octanol–water partition coefficient (Wildman–Crippen LogP) is 5.44. The molecule has 3 aromatic rings. The number of rotatable bonds is 9. The zero-order chi connectivity index (χ0) is 27.3. The van der Waals surface area contributed by atoms with E-state index >= 15 is 0 Å². The average molecular weight is 515 g/mol. The van der Waals surface area contributed by atoms with Crippen molar-refractivity contribution in [1.82, 2.24) is 10.2 Å². The van der Waals surface area contributed by atoms with Crippen LogP contribution in [0.3, 0.4) is 0 Å². The van der Waals surface area contributed by atoms with Crippen LogP contribution < -0.4 is 5.32 Å². The molecule has 0 aliphatic heterocycles. The largest absolute Gasteiger partial charge is 0.480 e. The first-order valence-electron chi connectivity index (χ1n) is 12.8. The van der Waals surface area contributed by atoms with Gasteiger partial charge in [-0.15, -0.1) is 0 Å². The Morgan fingerprint density at radius 2 is 1.45 bits per heavy atom. The van der Waals surface area contributed by atoms with E-state index in [0.717, 1.165) is 27.8 Å². The summed E-state index contributed by atoms with van der Waals surface area (Å²) in [5.41, 5.74) is 4.89. The number of hydrogen-bond donors (Lipinski definition) is 2. The number of carboxylic acids is 1. The van der Waals surface area contributed by atoms with E-state index in [-0.39, 0.29) is 31.4 Å². The first kappa shape index (κ1) is 26.9. The third kappa shape index (κ3) is 6.40. The van der Waals surface area contributed by atoms with Crippen LogP contribution in [0, 0.1) is 5.41 Å². The second-order valence-electron chi connectivity index (χ2n) is 10.7. The van der Waals surface area contributed by atoms with Gasteiger partial charge in [0.1, 0.15) is 13.2 Å². The SMILES string of the molecule is CC(C)(C)C(CC(=O)N(CC(=O)O)Cc1ccccc1)NC(=O)OCC1c2ccccc2-c2ccccc21. The fourth-order valence-electron chi connectivity index (χ4n) is 4.86. The number of carboxylic acid groups (broad SMARTS) is 1. The Labute approximate surface area is 223 Å². The number of alkyl carbamates (subject to hydrolysis) is 1. The summed E-state index contributed by atoms with van der Waals surface area (Å²) in [4.78, 5) is 39.0. The molecule has 198 valence electrons. The molecule has 0 radical (unpaired) electrons. The van der Waals surface area contributed by atoms with Gasteiger partial charge < -0.3 is 20.1 Å². The number of nitrogens with zero attached hydrogens (tertiary/aromatic N) is 1. The van der Waals surface area contributed by atoms with E-state index in [2.05, 4.69) is 29.6 Å². The highest BCUT2D eigenvalue weighted by molar-refractivity contribution is 5.82. The Morgan fingerprint density at radius 1 is 0.895 bits per heavy atom. The maximum absolute atomic E-state index is 13.2. The summed E-state index contributed by atoms with van der Waals surface area (Å²) in [5.74, 6) is -1.51. The van der Waals surface area contributed by atoms with Gasteiger partial charge in [-0.1, -0.05) is 99.6 Å². The van der Waals surface area contributed by atoms with Crippen molar-refractivity contribution in [2.24, 2.45) is 5.41 Å². The maximum atomic E-state index is 13.2. The standard InChI is InChI=1S/C31H34N2O5/c1-31(2,3)27(17-28(34)33(19-29(35)36)18-21-11-5-4-6-12-21)32-30(37)38-20-26-24-15-9-7-13-22(24)23-14-8-10-16-25(23)26/h4-16,26-27H,17-20H2,1-3H3,(H,32,37)(H,35,36). The van der Waals surface area contributed by atoms with Crippen LogP contribution in [0.4, 0.5) is 4.79 Å². The molecule has 3 aromatic carbocycles. The molecule has 2 amide bonds. The molecule has 7 nitrogen and oxygen atoms in total. The van der Waals surface area contributed by atoms with Crippen molar-refractivity contribution in [3.63, 3.8) is 0 Å². The lowest BCUT2D eigenvalue weighted by atomic mass is 9.84. The zero-order valence-corrected chi connectivity index (χ0v) is 22.0. The molecule has 4 rings (SSSR count). The van der Waals surface area contributed by atoms with Gasteiger partial charge in [-0.3, -0.25) is 9.59 Å². The highest BCUT2D eigenvalue weighted by atomic mass is 16.5. The van der Waals surface area contributed by atoms with Crippen LogP contribution in [-0.4, -0.2) is 47.2 Å². The third-order valence-corrected chi connectivity index (χ3v) is 6.95. The van der Waals surface area contributed by atoms with Gasteiger partial charge in [0.15, 0.2) is 0 Å². The van der Waals surface area contributed by atoms with Crippen LogP contribution in [-0.2, 0) is 20.9 Å². The lowest BCUT2D eigenvalue weighted by Crippen LogP contribution is -2.48. The predicted molar refractivity (Wildman–Crippen MR) is 146 cm³/mol. The minimum atomic E-state index is -1.09. The summed E-state index contributed by atoms with van der Waals surface area (Å²) in [6, 6.07) is 24.9. The summed E-state index contributed by atoms with van der Waals surface area (Å²) in [5, 5.41) is 12.3. The summed E-state index contributed by atoms with van der Waals surface area (Å²) in [7, 11) is 0. The Morgan fingerprint density at radius 3 is 2.00 bits per heavy atom. The number of benzene rings is 3. The van der Waals surface area contributed by atoms with Crippen LogP contribution in [0.2, 0.25) is 0 Å². The number of nitrogens with one attached hydrogen (secondary N) is 1.